The van der Waals surface area contributed by atoms with Crippen LogP contribution in [0.15, 0.2) is 46.9 Å². The highest BCUT2D eigenvalue weighted by atomic mass is 127. The highest BCUT2D eigenvalue weighted by molar-refractivity contribution is 14.1. The van der Waals surface area contributed by atoms with Gasteiger partial charge in [0.05, 0.1) is 4.92 Å². The Morgan fingerprint density at radius 2 is 2.00 bits per heavy atom. The van der Waals surface area contributed by atoms with Gasteiger partial charge >= 0.3 is 5.69 Å². The van der Waals surface area contributed by atoms with E-state index in [0.717, 1.165) is 8.04 Å². The number of benzene rings is 2. The summed E-state index contributed by atoms with van der Waals surface area (Å²) in [5, 5.41) is 10.9. The Labute approximate surface area is 125 Å². The van der Waals surface area contributed by atoms with Gasteiger partial charge in [-0.3, -0.25) is 10.1 Å². The first kappa shape index (κ1) is 13.3. The summed E-state index contributed by atoms with van der Waals surface area (Å²) < 4.78 is 7.18. The van der Waals surface area contributed by atoms with Gasteiger partial charge in [0, 0.05) is 14.1 Å². The molecule has 0 spiro atoms. The molecule has 0 saturated carbocycles. The van der Waals surface area contributed by atoms with Crippen LogP contribution in [-0.4, -0.2) is 4.92 Å². The van der Waals surface area contributed by atoms with Gasteiger partial charge in [-0.2, -0.15) is 0 Å². The number of ether oxygens (including phenoxy) is 1. The summed E-state index contributed by atoms with van der Waals surface area (Å²) in [6, 6.07) is 12.0. The molecule has 2 aromatic carbocycles. The summed E-state index contributed by atoms with van der Waals surface area (Å²) >= 11 is 5.34. The third-order valence-corrected chi connectivity index (χ3v) is 3.31. The molecular formula is C12H7BrINO3. The predicted octanol–water partition coefficient (Wildman–Crippen LogP) is 4.75. The van der Waals surface area contributed by atoms with Gasteiger partial charge in [0.2, 0.25) is 5.75 Å². The van der Waals surface area contributed by atoms with Gasteiger partial charge in [-0.25, -0.2) is 0 Å². The second-order valence-corrected chi connectivity index (χ2v) is 5.59. The van der Waals surface area contributed by atoms with Crippen molar-refractivity contribution in [3.05, 3.63) is 60.6 Å². The summed E-state index contributed by atoms with van der Waals surface area (Å²) in [4.78, 5) is 10.5. The Bertz CT molecular complexity index is 604. The number of halogens is 2. The highest BCUT2D eigenvalue weighted by Gasteiger charge is 2.16. The fourth-order valence-corrected chi connectivity index (χ4v) is 2.23. The van der Waals surface area contributed by atoms with Crippen molar-refractivity contribution in [3.8, 4) is 11.5 Å². The topological polar surface area (TPSA) is 52.4 Å². The zero-order valence-corrected chi connectivity index (χ0v) is 12.7. The molecule has 4 nitrogen and oxygen atoms in total. The minimum Gasteiger partial charge on any atom is -0.450 e. The third-order valence-electron chi connectivity index (χ3n) is 2.14. The molecule has 0 aliphatic carbocycles. The number of hydrogen-bond donors (Lipinski definition) is 0. The first-order chi connectivity index (χ1) is 8.56. The quantitative estimate of drug-likeness (QED) is 0.409. The van der Waals surface area contributed by atoms with Crippen LogP contribution in [0.4, 0.5) is 5.69 Å². The van der Waals surface area contributed by atoms with Crippen molar-refractivity contribution >= 4 is 44.2 Å². The number of nitro groups is 1. The second kappa shape index (κ2) is 5.66. The smallest absolute Gasteiger partial charge is 0.312 e. The largest absolute Gasteiger partial charge is 0.450 e. The average molecular weight is 420 g/mol. The van der Waals surface area contributed by atoms with Crippen LogP contribution in [0.2, 0.25) is 0 Å². The Morgan fingerprint density at radius 1 is 1.22 bits per heavy atom. The normalized spacial score (nSPS) is 10.1. The maximum atomic E-state index is 10.9. The lowest BCUT2D eigenvalue weighted by Crippen LogP contribution is -1.94. The van der Waals surface area contributed by atoms with Gasteiger partial charge in [0.15, 0.2) is 0 Å². The van der Waals surface area contributed by atoms with E-state index in [1.54, 1.807) is 30.3 Å². The van der Waals surface area contributed by atoms with Crippen LogP contribution in [0, 0.1) is 13.7 Å². The summed E-state index contributed by atoms with van der Waals surface area (Å²) in [5.74, 6) is 0.784. The van der Waals surface area contributed by atoms with Crippen LogP contribution < -0.4 is 4.74 Å². The molecule has 92 valence electrons. The van der Waals surface area contributed by atoms with Crippen LogP contribution >= 0.6 is 38.5 Å². The van der Waals surface area contributed by atoms with E-state index in [1.807, 2.05) is 28.7 Å². The van der Waals surface area contributed by atoms with Crippen LogP contribution in [0.25, 0.3) is 0 Å². The van der Waals surface area contributed by atoms with Gasteiger partial charge in [0.25, 0.3) is 0 Å². The van der Waals surface area contributed by atoms with Gasteiger partial charge in [-0.05, 0) is 52.9 Å². The summed E-state index contributed by atoms with van der Waals surface area (Å²) in [7, 11) is 0. The zero-order chi connectivity index (χ0) is 13.1. The molecule has 2 rings (SSSR count). The molecule has 0 aromatic heterocycles. The lowest BCUT2D eigenvalue weighted by molar-refractivity contribution is -0.385. The van der Waals surface area contributed by atoms with Crippen molar-refractivity contribution in [1.82, 2.24) is 0 Å². The van der Waals surface area contributed by atoms with E-state index in [1.165, 1.54) is 6.07 Å². The molecule has 0 bridgehead atoms. The number of nitro benzene ring substituents is 1. The van der Waals surface area contributed by atoms with Crippen LogP contribution in [0.1, 0.15) is 0 Å². The Balaban J connectivity index is 2.37. The number of rotatable bonds is 3. The molecule has 0 aliphatic heterocycles. The molecule has 2 aromatic rings. The molecule has 6 heteroatoms. The van der Waals surface area contributed by atoms with Gasteiger partial charge in [0.1, 0.15) is 5.75 Å². The van der Waals surface area contributed by atoms with Gasteiger partial charge in [-0.15, -0.1) is 0 Å². The average Bonchev–Trinajstić information content (AvgIpc) is 2.31. The molecular weight excluding hydrogens is 413 g/mol. The lowest BCUT2D eigenvalue weighted by Gasteiger charge is -2.06. The van der Waals surface area contributed by atoms with Crippen molar-refractivity contribution < 1.29 is 9.66 Å². The molecule has 0 amide bonds. The molecule has 0 atom stereocenters. The number of nitrogens with zero attached hydrogens (tertiary/aromatic N) is 1. The first-order valence-electron chi connectivity index (χ1n) is 4.93. The monoisotopic (exact) mass is 419 g/mol. The van der Waals surface area contributed by atoms with Crippen LogP contribution in [0.3, 0.4) is 0 Å². The Hall–Kier alpha value is -1.15. The Morgan fingerprint density at radius 3 is 2.67 bits per heavy atom. The molecule has 0 aliphatic rings. The van der Waals surface area contributed by atoms with E-state index in [4.69, 9.17) is 4.74 Å². The standard InChI is InChI=1S/C12H7BrINO3/c13-8-2-1-3-10(6-8)18-12-5-4-9(14)7-11(12)15(16)17/h1-7H. The summed E-state index contributed by atoms with van der Waals surface area (Å²) in [6.45, 7) is 0. The van der Waals surface area contributed by atoms with Crippen molar-refractivity contribution in [3.63, 3.8) is 0 Å². The fourth-order valence-electron chi connectivity index (χ4n) is 1.38. The van der Waals surface area contributed by atoms with E-state index >= 15 is 0 Å². The molecule has 0 N–H and O–H groups in total. The summed E-state index contributed by atoms with van der Waals surface area (Å²) in [6.07, 6.45) is 0. The molecule has 0 radical (unpaired) electrons. The van der Waals surface area contributed by atoms with Gasteiger partial charge in [-0.1, -0.05) is 22.0 Å². The maximum Gasteiger partial charge on any atom is 0.312 e. The minimum absolute atomic E-state index is 0.0399. The highest BCUT2D eigenvalue weighted by Crippen LogP contribution is 2.33. The molecule has 0 unspecified atom stereocenters. The molecule has 0 fully saturated rings. The van der Waals surface area contributed by atoms with E-state index in [2.05, 4.69) is 15.9 Å². The van der Waals surface area contributed by atoms with Crippen molar-refractivity contribution in [2.45, 2.75) is 0 Å². The predicted molar refractivity (Wildman–Crippen MR) is 80.0 cm³/mol. The maximum absolute atomic E-state index is 10.9. The van der Waals surface area contributed by atoms with Gasteiger partial charge < -0.3 is 4.74 Å². The molecule has 0 saturated heterocycles. The van der Waals surface area contributed by atoms with E-state index in [-0.39, 0.29) is 11.4 Å². The SMILES string of the molecule is O=[N+]([O-])c1cc(I)ccc1Oc1cccc(Br)c1. The first-order valence-corrected chi connectivity index (χ1v) is 6.81. The van der Waals surface area contributed by atoms with E-state index in [0.29, 0.717) is 5.75 Å². The summed E-state index contributed by atoms with van der Waals surface area (Å²) in [5.41, 5.74) is -0.0399. The van der Waals surface area contributed by atoms with Crippen molar-refractivity contribution in [2.24, 2.45) is 0 Å². The second-order valence-electron chi connectivity index (χ2n) is 3.43. The van der Waals surface area contributed by atoms with Crippen molar-refractivity contribution in [2.75, 3.05) is 0 Å². The fraction of sp³-hybridized carbons (Fsp3) is 0. The third kappa shape index (κ3) is 3.20. The van der Waals surface area contributed by atoms with Crippen molar-refractivity contribution in [1.29, 1.82) is 0 Å². The van der Waals surface area contributed by atoms with Crippen LogP contribution in [-0.2, 0) is 0 Å². The Kier molecular flexibility index (Phi) is 4.18. The van der Waals surface area contributed by atoms with E-state index < -0.39 is 4.92 Å². The van der Waals surface area contributed by atoms with Crippen LogP contribution in [0.5, 0.6) is 11.5 Å². The number of hydrogen-bond acceptors (Lipinski definition) is 3. The molecule has 18 heavy (non-hydrogen) atoms. The minimum atomic E-state index is -0.449. The zero-order valence-electron chi connectivity index (χ0n) is 8.97. The van der Waals surface area contributed by atoms with E-state index in [9.17, 15) is 10.1 Å². The lowest BCUT2D eigenvalue weighted by atomic mass is 10.3. The molecule has 0 heterocycles.